The summed E-state index contributed by atoms with van der Waals surface area (Å²) in [5, 5.41) is 3.28. The van der Waals surface area contributed by atoms with Crippen LogP contribution in [0.1, 0.15) is 51.9 Å². The fourth-order valence-corrected chi connectivity index (χ4v) is 3.72. The van der Waals surface area contributed by atoms with Gasteiger partial charge in [0.2, 0.25) is 5.91 Å². The number of nitrogens with one attached hydrogen (secondary N) is 1. The molecule has 0 aromatic rings. The fraction of sp³-hybridized carbons (Fsp3) is 0.929. The summed E-state index contributed by atoms with van der Waals surface area (Å²) in [5.74, 6) is 0.635. The Morgan fingerprint density at radius 2 is 2.06 bits per heavy atom. The highest BCUT2D eigenvalue weighted by molar-refractivity contribution is 5.81. The summed E-state index contributed by atoms with van der Waals surface area (Å²) in [6.07, 6.45) is 8.73. The van der Waals surface area contributed by atoms with Crippen molar-refractivity contribution in [2.24, 2.45) is 11.3 Å². The fourth-order valence-electron chi connectivity index (χ4n) is 3.72. The summed E-state index contributed by atoms with van der Waals surface area (Å²) in [6, 6.07) is 0.398. The van der Waals surface area contributed by atoms with Crippen molar-refractivity contribution in [3.63, 3.8) is 0 Å². The molecular formula is C14H23NO2. The molecule has 2 atom stereocenters. The van der Waals surface area contributed by atoms with Gasteiger partial charge in [-0.05, 0) is 39.0 Å². The molecule has 3 aliphatic rings. The van der Waals surface area contributed by atoms with Crippen LogP contribution in [0.25, 0.3) is 0 Å². The second-order valence-corrected chi connectivity index (χ2v) is 5.96. The highest BCUT2D eigenvalue weighted by Gasteiger charge is 2.57. The van der Waals surface area contributed by atoms with Gasteiger partial charge in [0.1, 0.15) is 0 Å². The Balaban J connectivity index is 1.63. The summed E-state index contributed by atoms with van der Waals surface area (Å²) in [5.41, 5.74) is 0.292. The van der Waals surface area contributed by atoms with E-state index >= 15 is 0 Å². The normalized spacial score (nSPS) is 34.6. The zero-order valence-electron chi connectivity index (χ0n) is 10.7. The van der Waals surface area contributed by atoms with Gasteiger partial charge in [-0.15, -0.1) is 0 Å². The van der Waals surface area contributed by atoms with Gasteiger partial charge in [0.25, 0.3) is 0 Å². The van der Waals surface area contributed by atoms with Crippen LogP contribution in [0, 0.1) is 11.3 Å². The summed E-state index contributed by atoms with van der Waals surface area (Å²) < 4.78 is 5.85. The van der Waals surface area contributed by atoms with Gasteiger partial charge in [0.15, 0.2) is 0 Å². The molecule has 0 aliphatic heterocycles. The third kappa shape index (κ3) is 1.88. The van der Waals surface area contributed by atoms with E-state index in [1.54, 1.807) is 0 Å². The van der Waals surface area contributed by atoms with Crippen LogP contribution < -0.4 is 5.32 Å². The Labute approximate surface area is 103 Å². The molecule has 0 aromatic heterocycles. The molecule has 96 valence electrons. The number of rotatable bonds is 4. The minimum atomic E-state index is 0.292. The van der Waals surface area contributed by atoms with Crippen LogP contribution >= 0.6 is 0 Å². The maximum atomic E-state index is 11.9. The Kier molecular flexibility index (Phi) is 2.89. The highest BCUT2D eigenvalue weighted by atomic mass is 16.5. The van der Waals surface area contributed by atoms with E-state index in [9.17, 15) is 4.79 Å². The number of hydrogen-bond acceptors (Lipinski definition) is 2. The van der Waals surface area contributed by atoms with Gasteiger partial charge in [-0.2, -0.15) is 0 Å². The first-order chi connectivity index (χ1) is 8.26. The Morgan fingerprint density at radius 1 is 1.35 bits per heavy atom. The largest absolute Gasteiger partial charge is 0.378 e. The number of carbonyl (C=O) groups is 1. The van der Waals surface area contributed by atoms with E-state index < -0.39 is 0 Å². The van der Waals surface area contributed by atoms with E-state index in [1.807, 2.05) is 0 Å². The molecule has 1 amide bonds. The molecule has 0 heterocycles. The van der Waals surface area contributed by atoms with Crippen LogP contribution in [0.4, 0.5) is 0 Å². The van der Waals surface area contributed by atoms with Crippen molar-refractivity contribution in [3.05, 3.63) is 0 Å². The molecule has 0 unspecified atom stereocenters. The maximum Gasteiger partial charge on any atom is 0.223 e. The Morgan fingerprint density at radius 3 is 2.65 bits per heavy atom. The molecule has 3 saturated carbocycles. The zero-order valence-corrected chi connectivity index (χ0v) is 10.7. The summed E-state index contributed by atoms with van der Waals surface area (Å²) in [6.45, 7) is 2.87. The number of hydrogen-bond donors (Lipinski definition) is 1. The molecule has 3 aliphatic carbocycles. The number of ether oxygens (including phenoxy) is 1. The third-order valence-electron chi connectivity index (χ3n) is 4.95. The molecule has 1 spiro atoms. The van der Waals surface area contributed by atoms with Crippen molar-refractivity contribution < 1.29 is 9.53 Å². The third-order valence-corrected chi connectivity index (χ3v) is 4.95. The van der Waals surface area contributed by atoms with Crippen LogP contribution in [0.15, 0.2) is 0 Å². The Bertz CT molecular complexity index is 305. The zero-order chi connectivity index (χ0) is 11.9. The van der Waals surface area contributed by atoms with Crippen LogP contribution in [-0.2, 0) is 9.53 Å². The van der Waals surface area contributed by atoms with E-state index in [0.717, 1.165) is 25.9 Å². The lowest BCUT2D eigenvalue weighted by Gasteiger charge is -2.54. The highest BCUT2D eigenvalue weighted by Crippen LogP contribution is 2.54. The monoisotopic (exact) mass is 237 g/mol. The predicted molar refractivity (Wildman–Crippen MR) is 65.6 cm³/mol. The smallest absolute Gasteiger partial charge is 0.223 e. The molecule has 0 radical (unpaired) electrons. The van der Waals surface area contributed by atoms with Gasteiger partial charge >= 0.3 is 0 Å². The standard InChI is InChI=1S/C14H23NO2/c1-2-17-12-9-11(14(12)7-3-4-8-14)15-13(16)10-5-6-10/h10-12H,2-9H2,1H3,(H,15,16)/t11-,12-/m1/s1. The van der Waals surface area contributed by atoms with Crippen molar-refractivity contribution in [1.82, 2.24) is 5.32 Å². The molecule has 3 fully saturated rings. The first-order valence-electron chi connectivity index (χ1n) is 7.18. The Hall–Kier alpha value is -0.570. The van der Waals surface area contributed by atoms with E-state index in [1.165, 1.54) is 25.7 Å². The molecule has 3 heteroatoms. The minimum absolute atomic E-state index is 0.292. The topological polar surface area (TPSA) is 38.3 Å². The molecule has 0 aromatic carbocycles. The number of carbonyl (C=O) groups excluding carboxylic acids is 1. The average molecular weight is 237 g/mol. The van der Waals surface area contributed by atoms with E-state index in [4.69, 9.17) is 4.74 Å². The van der Waals surface area contributed by atoms with Gasteiger partial charge in [-0.1, -0.05) is 12.8 Å². The molecule has 1 N–H and O–H groups in total. The van der Waals surface area contributed by atoms with Crippen molar-refractivity contribution >= 4 is 5.91 Å². The quantitative estimate of drug-likeness (QED) is 0.814. The van der Waals surface area contributed by atoms with Gasteiger partial charge in [0.05, 0.1) is 6.10 Å². The van der Waals surface area contributed by atoms with Crippen molar-refractivity contribution in [2.75, 3.05) is 6.61 Å². The predicted octanol–water partition coefficient (Wildman–Crippen LogP) is 2.25. The summed E-state index contributed by atoms with van der Waals surface area (Å²) in [4.78, 5) is 11.9. The molecule has 3 nitrogen and oxygen atoms in total. The summed E-state index contributed by atoms with van der Waals surface area (Å²) in [7, 11) is 0. The lowest BCUT2D eigenvalue weighted by Crippen LogP contribution is -2.63. The molecule has 0 bridgehead atoms. The van der Waals surface area contributed by atoms with E-state index in [2.05, 4.69) is 12.2 Å². The van der Waals surface area contributed by atoms with Crippen LogP contribution in [0.3, 0.4) is 0 Å². The number of amides is 1. The van der Waals surface area contributed by atoms with Gasteiger partial charge in [-0.25, -0.2) is 0 Å². The second-order valence-electron chi connectivity index (χ2n) is 5.96. The molecule has 17 heavy (non-hydrogen) atoms. The van der Waals surface area contributed by atoms with Crippen LogP contribution in [0.5, 0.6) is 0 Å². The van der Waals surface area contributed by atoms with Crippen LogP contribution in [-0.4, -0.2) is 24.7 Å². The van der Waals surface area contributed by atoms with Gasteiger partial charge in [-0.3, -0.25) is 4.79 Å². The van der Waals surface area contributed by atoms with Crippen LogP contribution in [0.2, 0.25) is 0 Å². The molecule has 3 rings (SSSR count). The minimum Gasteiger partial charge on any atom is -0.378 e. The van der Waals surface area contributed by atoms with Gasteiger partial charge in [0, 0.05) is 24.0 Å². The summed E-state index contributed by atoms with van der Waals surface area (Å²) >= 11 is 0. The second kappa shape index (κ2) is 4.27. The van der Waals surface area contributed by atoms with Crippen molar-refractivity contribution in [3.8, 4) is 0 Å². The first-order valence-corrected chi connectivity index (χ1v) is 7.18. The first kappa shape index (κ1) is 11.5. The van der Waals surface area contributed by atoms with Gasteiger partial charge < -0.3 is 10.1 Å². The lowest BCUT2D eigenvalue weighted by molar-refractivity contribution is -0.144. The lowest BCUT2D eigenvalue weighted by atomic mass is 9.60. The average Bonchev–Trinajstić information content (AvgIpc) is 3.04. The van der Waals surface area contributed by atoms with E-state index in [-0.39, 0.29) is 0 Å². The van der Waals surface area contributed by atoms with Crippen molar-refractivity contribution in [1.29, 1.82) is 0 Å². The van der Waals surface area contributed by atoms with E-state index in [0.29, 0.717) is 29.4 Å². The van der Waals surface area contributed by atoms with Crippen molar-refractivity contribution in [2.45, 2.75) is 64.0 Å². The maximum absolute atomic E-state index is 11.9. The SMILES string of the molecule is CCO[C@@H]1C[C@@H](NC(=O)C2CC2)C12CCCC2. The molecule has 0 saturated heterocycles. The molecular weight excluding hydrogens is 214 g/mol.